The van der Waals surface area contributed by atoms with Gasteiger partial charge < -0.3 is 39.3 Å². The molecule has 4 aromatic rings. The van der Waals surface area contributed by atoms with Crippen LogP contribution >= 0.6 is 23.2 Å². The Hall–Kier alpha value is -5.98. The number of aliphatic carboxylic acids is 2. The third-order valence-corrected chi connectivity index (χ3v) is 17.3. The van der Waals surface area contributed by atoms with E-state index in [0.717, 1.165) is 147 Å². The van der Waals surface area contributed by atoms with Crippen molar-refractivity contribution < 1.29 is 38.9 Å². The molecule has 4 atom stereocenters. The van der Waals surface area contributed by atoms with E-state index in [4.69, 9.17) is 32.7 Å². The van der Waals surface area contributed by atoms with E-state index in [1.54, 1.807) is 23.9 Å². The van der Waals surface area contributed by atoms with Crippen LogP contribution < -0.4 is 19.3 Å². The highest BCUT2D eigenvalue weighted by Gasteiger charge is 2.44. The van der Waals surface area contributed by atoms with Crippen LogP contribution in [0.15, 0.2) is 97.1 Å². The molecule has 2 N–H and O–H groups in total. The molecule has 0 unspecified atom stereocenters. The minimum atomic E-state index is -0.905. The number of nitrogens with zero attached hydrogens (tertiary/aromatic N) is 4. The summed E-state index contributed by atoms with van der Waals surface area (Å²) in [5.74, 6) is -1.79. The number of allylic oxidation sites excluding steroid dienone is 2. The van der Waals surface area contributed by atoms with E-state index in [2.05, 4.69) is 46.2 Å². The molecule has 404 valence electrons. The van der Waals surface area contributed by atoms with Crippen molar-refractivity contribution in [2.24, 2.45) is 0 Å². The number of benzene rings is 4. The first kappa shape index (κ1) is 54.8. The number of halogens is 2. The standard InChI is InChI=1S/2C31H37ClN2O4/c2*1-33-16-5-3-2-4-6-17-34-20-31(15-7-8-23-18-24(32)10-12-26(23)31)21-38-28-13-9-22(19-27(28)34)25(30(36)37)11-14-29(33)35/h2*3,5,9-10,12-13,18-19,25H,2,4,6-8,11,14-17,20-21H2,1H3,(H,36,37)/b2*5-3+/t25-,31+;25-,31-/m10/s1. The molecule has 0 radical (unpaired) electrons. The predicted octanol–water partition coefficient (Wildman–Crippen LogP) is 11.9. The molecule has 2 aliphatic carbocycles. The van der Waals surface area contributed by atoms with Gasteiger partial charge in [0, 0.05) is 87.1 Å². The first-order valence-corrected chi connectivity index (χ1v) is 28.3. The van der Waals surface area contributed by atoms with Gasteiger partial charge in [0.15, 0.2) is 0 Å². The van der Waals surface area contributed by atoms with E-state index in [9.17, 15) is 29.4 Å². The number of carbonyl (C=O) groups is 4. The van der Waals surface area contributed by atoms with Gasteiger partial charge in [-0.1, -0.05) is 71.8 Å². The van der Waals surface area contributed by atoms with E-state index in [-0.39, 0.29) is 48.3 Å². The van der Waals surface area contributed by atoms with Gasteiger partial charge in [-0.2, -0.15) is 0 Å². The van der Waals surface area contributed by atoms with Crippen LogP contribution in [0.3, 0.4) is 0 Å². The fourth-order valence-electron chi connectivity index (χ4n) is 12.6. The molecule has 4 aliphatic heterocycles. The lowest BCUT2D eigenvalue weighted by atomic mass is 9.70. The SMILES string of the molecule is CN1C/C=C/CCCCN2C[C@@]3(CCCc4cc(Cl)ccc43)COc3ccc(cc32)[C@@H](C(=O)O)CCC1=O.CN1C/C=C/CCCCN2C[C@@]3(CCCc4cc(Cl)ccc43)COc3ccc(cc32)[C@H](C(=O)O)CCC1=O. The summed E-state index contributed by atoms with van der Waals surface area (Å²) < 4.78 is 13.1. The Morgan fingerprint density at radius 2 is 0.987 bits per heavy atom. The second-order valence-electron chi connectivity index (χ2n) is 22.1. The summed E-state index contributed by atoms with van der Waals surface area (Å²) in [6.07, 6.45) is 21.6. The van der Waals surface area contributed by atoms with Gasteiger partial charge in [0.2, 0.25) is 11.8 Å². The molecule has 0 aromatic heterocycles. The van der Waals surface area contributed by atoms with Crippen LogP contribution in [0.1, 0.15) is 135 Å². The van der Waals surface area contributed by atoms with Gasteiger partial charge in [-0.05, 0) is 172 Å². The Balaban J connectivity index is 0.000000186. The molecule has 2 amide bonds. The number of fused-ring (bicyclic) bond motifs is 6. The van der Waals surface area contributed by atoms with E-state index in [1.165, 1.54) is 22.3 Å². The lowest BCUT2D eigenvalue weighted by molar-refractivity contribution is -0.140. The summed E-state index contributed by atoms with van der Waals surface area (Å²) in [5.41, 5.74) is 8.30. The van der Waals surface area contributed by atoms with Crippen molar-refractivity contribution in [1.82, 2.24) is 9.80 Å². The molecular formula is C62H74Cl2N4O8. The summed E-state index contributed by atoms with van der Waals surface area (Å²) >= 11 is 12.7. The highest BCUT2D eigenvalue weighted by Crippen LogP contribution is 2.47. The fraction of sp³-hybridized carbons (Fsp3) is 0.484. The summed E-state index contributed by atoms with van der Waals surface area (Å²) in [6, 6.07) is 24.1. The Kier molecular flexibility index (Phi) is 17.7. The molecule has 14 heteroatoms. The second kappa shape index (κ2) is 24.6. The minimum Gasteiger partial charge on any atom is -0.490 e. The molecule has 2 spiro atoms. The second-order valence-corrected chi connectivity index (χ2v) is 23.0. The average molecular weight is 1070 g/mol. The number of aryl methyl sites for hydroxylation is 2. The number of rotatable bonds is 2. The normalized spacial score (nSPS) is 25.3. The molecule has 6 aliphatic rings. The predicted molar refractivity (Wildman–Crippen MR) is 301 cm³/mol. The third-order valence-electron chi connectivity index (χ3n) is 16.9. The van der Waals surface area contributed by atoms with E-state index >= 15 is 0 Å². The first-order chi connectivity index (χ1) is 36.7. The number of anilines is 2. The first-order valence-electron chi connectivity index (χ1n) is 27.6. The van der Waals surface area contributed by atoms with Gasteiger partial charge in [-0.3, -0.25) is 19.2 Å². The van der Waals surface area contributed by atoms with Crippen molar-refractivity contribution in [3.05, 3.63) is 141 Å². The fourth-order valence-corrected chi connectivity index (χ4v) is 13.0. The van der Waals surface area contributed by atoms with Crippen molar-refractivity contribution in [2.45, 2.75) is 125 Å². The largest absolute Gasteiger partial charge is 0.490 e. The molecule has 10 rings (SSSR count). The smallest absolute Gasteiger partial charge is 0.310 e. The molecule has 76 heavy (non-hydrogen) atoms. The van der Waals surface area contributed by atoms with Gasteiger partial charge in [-0.25, -0.2) is 0 Å². The van der Waals surface area contributed by atoms with E-state index in [1.807, 2.05) is 60.7 Å². The van der Waals surface area contributed by atoms with E-state index in [0.29, 0.717) is 26.3 Å². The maximum absolute atomic E-state index is 12.7. The molecule has 0 saturated heterocycles. The lowest BCUT2D eigenvalue weighted by Crippen LogP contribution is -2.46. The molecular weight excluding hydrogens is 1000 g/mol. The summed E-state index contributed by atoms with van der Waals surface area (Å²) in [7, 11) is 3.55. The maximum atomic E-state index is 12.7. The van der Waals surface area contributed by atoms with Crippen molar-refractivity contribution in [1.29, 1.82) is 0 Å². The monoisotopic (exact) mass is 1070 g/mol. The van der Waals surface area contributed by atoms with Crippen LogP contribution in [0.4, 0.5) is 11.4 Å². The van der Waals surface area contributed by atoms with Crippen LogP contribution in [0.2, 0.25) is 10.0 Å². The van der Waals surface area contributed by atoms with Gasteiger partial charge in [0.25, 0.3) is 0 Å². The maximum Gasteiger partial charge on any atom is 0.310 e. The Morgan fingerprint density at radius 3 is 1.41 bits per heavy atom. The van der Waals surface area contributed by atoms with Crippen molar-refractivity contribution in [2.75, 3.05) is 76.4 Å². The zero-order chi connectivity index (χ0) is 53.4. The highest BCUT2D eigenvalue weighted by molar-refractivity contribution is 6.31. The molecule has 12 nitrogen and oxygen atoms in total. The van der Waals surface area contributed by atoms with Gasteiger partial charge in [-0.15, -0.1) is 0 Å². The Labute approximate surface area is 458 Å². The Bertz CT molecular complexity index is 2650. The van der Waals surface area contributed by atoms with Crippen molar-refractivity contribution in [3.8, 4) is 11.5 Å². The van der Waals surface area contributed by atoms with Gasteiger partial charge >= 0.3 is 11.9 Å². The number of hydrogen-bond acceptors (Lipinski definition) is 8. The number of likely N-dealkylation sites (N-methyl/N-ethyl adjacent to an activating group) is 2. The van der Waals surface area contributed by atoms with Crippen LogP contribution in [0.25, 0.3) is 0 Å². The topological polar surface area (TPSA) is 140 Å². The lowest BCUT2D eigenvalue weighted by Gasteiger charge is -2.41. The number of ether oxygens (including phenoxy) is 2. The number of hydrogen-bond donors (Lipinski definition) is 2. The number of amides is 2. The van der Waals surface area contributed by atoms with Crippen molar-refractivity contribution >= 4 is 58.3 Å². The summed E-state index contributed by atoms with van der Waals surface area (Å²) in [5, 5.41) is 21.7. The van der Waals surface area contributed by atoms with Crippen LogP contribution in [-0.4, -0.2) is 110 Å². The minimum absolute atomic E-state index is 0.0364. The van der Waals surface area contributed by atoms with Crippen LogP contribution in [-0.2, 0) is 42.8 Å². The molecule has 4 bridgehead atoms. The van der Waals surface area contributed by atoms with Crippen LogP contribution in [0, 0.1) is 0 Å². The number of carbonyl (C=O) groups excluding carboxylic acids is 2. The molecule has 0 fully saturated rings. The van der Waals surface area contributed by atoms with Crippen molar-refractivity contribution in [3.63, 3.8) is 0 Å². The quantitative estimate of drug-likeness (QED) is 0.186. The molecule has 0 saturated carbocycles. The van der Waals surface area contributed by atoms with Gasteiger partial charge in [0.1, 0.15) is 11.5 Å². The summed E-state index contributed by atoms with van der Waals surface area (Å²) in [6.45, 7) is 5.62. The Morgan fingerprint density at radius 1 is 0.553 bits per heavy atom. The zero-order valence-corrected chi connectivity index (χ0v) is 45.8. The number of carboxylic acids is 2. The summed E-state index contributed by atoms with van der Waals surface area (Å²) in [4.78, 5) is 58.1. The average Bonchev–Trinajstić information content (AvgIpc) is 3.66. The third kappa shape index (κ3) is 12.6. The van der Waals surface area contributed by atoms with E-state index < -0.39 is 23.8 Å². The molecule has 4 heterocycles. The zero-order valence-electron chi connectivity index (χ0n) is 44.3. The van der Waals surface area contributed by atoms with Gasteiger partial charge in [0.05, 0.1) is 36.4 Å². The highest BCUT2D eigenvalue weighted by atomic mass is 35.5. The molecule has 4 aromatic carbocycles. The van der Waals surface area contributed by atoms with Crippen LogP contribution in [0.5, 0.6) is 11.5 Å². The number of carboxylic acid groups (broad SMARTS) is 2.